The Hall–Kier alpha value is -0.890. The molecule has 1 rings (SSSR count). The summed E-state index contributed by atoms with van der Waals surface area (Å²) >= 11 is 5.85. The minimum atomic E-state index is -0.661. The van der Waals surface area contributed by atoms with E-state index in [1.165, 1.54) is 13.8 Å². The molecule has 3 atom stereocenters. The van der Waals surface area contributed by atoms with Crippen LogP contribution in [0.25, 0.3) is 0 Å². The molecular weight excluding hydrogens is 314 g/mol. The van der Waals surface area contributed by atoms with Crippen molar-refractivity contribution in [2.75, 3.05) is 39.9 Å². The lowest BCUT2D eigenvalue weighted by Gasteiger charge is -2.35. The third-order valence-corrected chi connectivity index (χ3v) is 3.84. The fourth-order valence-corrected chi connectivity index (χ4v) is 2.13. The molecule has 0 N–H and O–H groups in total. The molecular formula is C14H25ClNO6+. The highest BCUT2D eigenvalue weighted by Crippen LogP contribution is 2.21. The van der Waals surface area contributed by atoms with E-state index < -0.39 is 30.4 Å². The van der Waals surface area contributed by atoms with Crippen molar-refractivity contribution < 1.29 is 33.0 Å². The van der Waals surface area contributed by atoms with Crippen LogP contribution in [0.5, 0.6) is 0 Å². The third kappa shape index (κ3) is 6.91. The molecule has 1 fully saturated rings. The molecule has 1 saturated heterocycles. The molecule has 0 aliphatic carbocycles. The van der Waals surface area contributed by atoms with Gasteiger partial charge in [-0.15, -0.1) is 0 Å². The Morgan fingerprint density at radius 1 is 1.23 bits per heavy atom. The van der Waals surface area contributed by atoms with E-state index in [0.717, 1.165) is 0 Å². The number of hydrogen-bond acceptors (Lipinski definition) is 6. The summed E-state index contributed by atoms with van der Waals surface area (Å²) in [4.78, 5) is 22.2. The highest BCUT2D eigenvalue weighted by Gasteiger charge is 2.36. The van der Waals surface area contributed by atoms with Crippen molar-refractivity contribution in [2.45, 2.75) is 38.8 Å². The summed E-state index contributed by atoms with van der Waals surface area (Å²) in [7, 11) is 3.97. The SMILES string of the molecule is CC(=O)OC1COC(OCC[N+](C)(C)CCl)C(OC(C)=O)C1. The van der Waals surface area contributed by atoms with Crippen LogP contribution in [0.3, 0.4) is 0 Å². The van der Waals surface area contributed by atoms with Gasteiger partial charge < -0.3 is 23.4 Å². The second-order valence-electron chi connectivity index (χ2n) is 5.97. The Morgan fingerprint density at radius 2 is 1.86 bits per heavy atom. The number of quaternary nitrogens is 1. The quantitative estimate of drug-likeness (QED) is 0.297. The number of hydrogen-bond donors (Lipinski definition) is 0. The van der Waals surface area contributed by atoms with Crippen LogP contribution in [0.15, 0.2) is 0 Å². The summed E-state index contributed by atoms with van der Waals surface area (Å²) in [5, 5.41) is 0. The first-order valence-corrected chi connectivity index (χ1v) is 7.72. The smallest absolute Gasteiger partial charge is 0.303 e. The molecule has 0 radical (unpaired) electrons. The Morgan fingerprint density at radius 3 is 2.41 bits per heavy atom. The predicted molar refractivity (Wildman–Crippen MR) is 79.1 cm³/mol. The molecule has 0 aromatic rings. The molecule has 0 amide bonds. The minimum Gasteiger partial charge on any atom is -0.460 e. The molecule has 0 bridgehead atoms. The monoisotopic (exact) mass is 338 g/mol. The Labute approximate surface area is 136 Å². The van der Waals surface area contributed by atoms with Gasteiger partial charge in [-0.05, 0) is 0 Å². The van der Waals surface area contributed by atoms with E-state index in [-0.39, 0.29) is 6.61 Å². The Kier molecular flexibility index (Phi) is 7.55. The number of carbonyl (C=O) groups excluding carboxylic acids is 2. The average molecular weight is 339 g/mol. The van der Waals surface area contributed by atoms with Gasteiger partial charge in [0.2, 0.25) is 0 Å². The van der Waals surface area contributed by atoms with Gasteiger partial charge in [-0.3, -0.25) is 9.59 Å². The molecule has 1 aliphatic heterocycles. The molecule has 7 nitrogen and oxygen atoms in total. The van der Waals surface area contributed by atoms with Gasteiger partial charge in [0.25, 0.3) is 0 Å². The zero-order valence-corrected chi connectivity index (χ0v) is 14.3. The number of rotatable bonds is 7. The first-order chi connectivity index (χ1) is 10.2. The second kappa shape index (κ2) is 8.67. The standard InChI is InChI=1S/C14H25ClNO6/c1-10(17)21-12-7-13(22-11(2)18)14(20-8-12)19-6-5-16(3,4)9-15/h12-14H,5-9H2,1-4H3/q+1. The molecule has 1 aliphatic rings. The molecule has 0 aromatic heterocycles. The highest BCUT2D eigenvalue weighted by atomic mass is 35.5. The van der Waals surface area contributed by atoms with Crippen molar-refractivity contribution in [1.29, 1.82) is 0 Å². The van der Waals surface area contributed by atoms with Crippen LogP contribution in [0.4, 0.5) is 0 Å². The molecule has 0 spiro atoms. The van der Waals surface area contributed by atoms with Crippen molar-refractivity contribution >= 4 is 23.5 Å². The summed E-state index contributed by atoms with van der Waals surface area (Å²) in [6.07, 6.45) is -1.33. The zero-order chi connectivity index (χ0) is 16.8. The van der Waals surface area contributed by atoms with Crippen molar-refractivity contribution in [3.63, 3.8) is 0 Å². The fourth-order valence-electron chi connectivity index (χ4n) is 2.01. The molecule has 1 heterocycles. The normalized spacial score (nSPS) is 25.6. The van der Waals surface area contributed by atoms with E-state index >= 15 is 0 Å². The summed E-state index contributed by atoms with van der Waals surface area (Å²) in [6, 6.07) is 0.469. The predicted octanol–water partition coefficient (Wildman–Crippen LogP) is 0.885. The number of halogens is 1. The summed E-state index contributed by atoms with van der Waals surface area (Å²) < 4.78 is 22.1. The number of esters is 2. The van der Waals surface area contributed by atoms with Crippen LogP contribution < -0.4 is 0 Å². The first-order valence-electron chi connectivity index (χ1n) is 7.19. The lowest BCUT2D eigenvalue weighted by atomic mass is 10.1. The number of alkyl halides is 1. The molecule has 22 heavy (non-hydrogen) atoms. The van der Waals surface area contributed by atoms with Crippen LogP contribution in [0.1, 0.15) is 20.3 Å². The maximum Gasteiger partial charge on any atom is 0.303 e. The minimum absolute atomic E-state index is 0.218. The Balaban J connectivity index is 2.53. The average Bonchev–Trinajstić information content (AvgIpc) is 2.40. The number of nitrogens with zero attached hydrogens (tertiary/aromatic N) is 1. The van der Waals surface area contributed by atoms with Gasteiger partial charge in [0.15, 0.2) is 18.4 Å². The lowest BCUT2D eigenvalue weighted by molar-refractivity contribution is -0.879. The van der Waals surface area contributed by atoms with Crippen LogP contribution >= 0.6 is 11.6 Å². The molecule has 8 heteroatoms. The van der Waals surface area contributed by atoms with Crippen molar-refractivity contribution in [1.82, 2.24) is 0 Å². The zero-order valence-electron chi connectivity index (χ0n) is 13.5. The van der Waals surface area contributed by atoms with E-state index in [1.54, 1.807) is 0 Å². The van der Waals surface area contributed by atoms with Crippen LogP contribution in [0, 0.1) is 0 Å². The second-order valence-corrected chi connectivity index (χ2v) is 6.21. The van der Waals surface area contributed by atoms with Crippen molar-refractivity contribution in [3.8, 4) is 0 Å². The molecule has 3 unspecified atom stereocenters. The van der Waals surface area contributed by atoms with Crippen molar-refractivity contribution in [2.24, 2.45) is 0 Å². The first kappa shape index (κ1) is 19.2. The van der Waals surface area contributed by atoms with E-state index in [4.69, 9.17) is 30.5 Å². The van der Waals surface area contributed by atoms with E-state index in [0.29, 0.717) is 30.1 Å². The van der Waals surface area contributed by atoms with Gasteiger partial charge in [0.1, 0.15) is 12.6 Å². The van der Waals surface area contributed by atoms with Crippen LogP contribution in [0.2, 0.25) is 0 Å². The number of ether oxygens (including phenoxy) is 4. The largest absolute Gasteiger partial charge is 0.460 e. The maximum atomic E-state index is 11.2. The fraction of sp³-hybridized carbons (Fsp3) is 0.857. The topological polar surface area (TPSA) is 71.1 Å². The summed E-state index contributed by atoms with van der Waals surface area (Å²) in [6.45, 7) is 3.98. The molecule has 0 aromatic carbocycles. The van der Waals surface area contributed by atoms with E-state index in [2.05, 4.69) is 0 Å². The highest BCUT2D eigenvalue weighted by molar-refractivity contribution is 6.16. The van der Waals surface area contributed by atoms with Gasteiger partial charge >= 0.3 is 11.9 Å². The third-order valence-electron chi connectivity index (χ3n) is 3.20. The van der Waals surface area contributed by atoms with E-state index in [1.807, 2.05) is 14.1 Å². The summed E-state index contributed by atoms with van der Waals surface area (Å²) in [5.74, 6) is -0.821. The van der Waals surface area contributed by atoms with E-state index in [9.17, 15) is 9.59 Å². The van der Waals surface area contributed by atoms with Crippen LogP contribution in [-0.2, 0) is 28.5 Å². The molecule has 128 valence electrons. The molecule has 0 saturated carbocycles. The number of carbonyl (C=O) groups is 2. The Bertz CT molecular complexity index is 390. The van der Waals surface area contributed by atoms with Gasteiger partial charge in [0, 0.05) is 20.3 Å². The van der Waals surface area contributed by atoms with Gasteiger partial charge in [-0.25, -0.2) is 0 Å². The van der Waals surface area contributed by atoms with Crippen molar-refractivity contribution in [3.05, 3.63) is 0 Å². The summed E-state index contributed by atoms with van der Waals surface area (Å²) in [5.41, 5.74) is 0. The lowest BCUT2D eigenvalue weighted by Crippen LogP contribution is -2.48. The van der Waals surface area contributed by atoms with Gasteiger partial charge in [-0.1, -0.05) is 11.6 Å². The number of likely N-dealkylation sites (N-methyl/N-ethyl adjacent to an activating group) is 1. The van der Waals surface area contributed by atoms with Gasteiger partial charge in [0.05, 0.1) is 27.3 Å². The maximum absolute atomic E-state index is 11.2. The van der Waals surface area contributed by atoms with Gasteiger partial charge in [-0.2, -0.15) is 0 Å². The van der Waals surface area contributed by atoms with Crippen LogP contribution in [-0.4, -0.2) is 74.8 Å².